The van der Waals surface area contributed by atoms with Crippen molar-refractivity contribution < 1.29 is 4.79 Å². The van der Waals surface area contributed by atoms with Gasteiger partial charge in [-0.3, -0.25) is 4.79 Å². The fourth-order valence-electron chi connectivity index (χ4n) is 1.93. The molecule has 0 fully saturated rings. The highest BCUT2D eigenvalue weighted by atomic mass is 35.5. The summed E-state index contributed by atoms with van der Waals surface area (Å²) in [5.74, 6) is 0.0174. The molecule has 20 heavy (non-hydrogen) atoms. The van der Waals surface area contributed by atoms with Crippen molar-refractivity contribution in [1.29, 1.82) is 0 Å². The van der Waals surface area contributed by atoms with Crippen molar-refractivity contribution in [2.75, 3.05) is 6.54 Å². The minimum absolute atomic E-state index is 0.0174. The predicted octanol–water partition coefficient (Wildman–Crippen LogP) is 3.35. The summed E-state index contributed by atoms with van der Waals surface area (Å²) in [6, 6.07) is 11.4. The molecule has 1 amide bonds. The number of benzene rings is 1. The number of amides is 1. The molecule has 2 aromatic rings. The molecule has 106 valence electrons. The Bertz CT molecular complexity index is 540. The highest BCUT2D eigenvalue weighted by molar-refractivity contribution is 7.10. The third-order valence-corrected chi connectivity index (χ3v) is 4.13. The van der Waals surface area contributed by atoms with Gasteiger partial charge in [0.25, 0.3) is 0 Å². The molecule has 1 heterocycles. The molecule has 0 radical (unpaired) electrons. The van der Waals surface area contributed by atoms with Crippen LogP contribution in [0.3, 0.4) is 0 Å². The zero-order chi connectivity index (χ0) is 14.4. The lowest BCUT2D eigenvalue weighted by Gasteiger charge is -2.18. The van der Waals surface area contributed by atoms with Crippen LogP contribution in [0.15, 0.2) is 41.8 Å². The summed E-state index contributed by atoms with van der Waals surface area (Å²) < 4.78 is 0. The molecule has 0 bridgehead atoms. The maximum absolute atomic E-state index is 12.0. The average Bonchev–Trinajstić information content (AvgIpc) is 2.97. The number of carbonyl (C=O) groups excluding carboxylic acids is 1. The van der Waals surface area contributed by atoms with Crippen molar-refractivity contribution in [3.63, 3.8) is 0 Å². The van der Waals surface area contributed by atoms with Gasteiger partial charge in [0.2, 0.25) is 5.91 Å². The molecule has 0 aliphatic rings. The van der Waals surface area contributed by atoms with E-state index in [1.54, 1.807) is 11.3 Å². The van der Waals surface area contributed by atoms with Gasteiger partial charge in [0.15, 0.2) is 0 Å². The third-order valence-electron chi connectivity index (χ3n) is 2.94. The zero-order valence-electron chi connectivity index (χ0n) is 11.0. The van der Waals surface area contributed by atoms with E-state index in [0.717, 1.165) is 10.4 Å². The van der Waals surface area contributed by atoms with Gasteiger partial charge in [0.05, 0.1) is 6.04 Å². The second-order valence-electron chi connectivity index (χ2n) is 4.46. The second-order valence-corrected chi connectivity index (χ2v) is 5.88. The molecule has 2 rings (SSSR count). The number of carbonyl (C=O) groups is 1. The Morgan fingerprint density at radius 3 is 2.65 bits per heavy atom. The lowest BCUT2D eigenvalue weighted by atomic mass is 10.1. The SMILES string of the molecule is NCCCC(=O)NC(c1ccc(Cl)cc1)c1cccs1. The first-order valence-electron chi connectivity index (χ1n) is 6.49. The van der Waals surface area contributed by atoms with Crippen LogP contribution < -0.4 is 11.1 Å². The van der Waals surface area contributed by atoms with Crippen molar-refractivity contribution in [3.05, 3.63) is 57.2 Å². The molecule has 0 aliphatic heterocycles. The van der Waals surface area contributed by atoms with E-state index in [4.69, 9.17) is 17.3 Å². The minimum Gasteiger partial charge on any atom is -0.344 e. The first kappa shape index (κ1) is 15.0. The first-order chi connectivity index (χ1) is 9.70. The number of nitrogens with two attached hydrogens (primary N) is 1. The van der Waals surface area contributed by atoms with Gasteiger partial charge in [-0.15, -0.1) is 11.3 Å². The molecule has 5 heteroatoms. The minimum atomic E-state index is -0.127. The summed E-state index contributed by atoms with van der Waals surface area (Å²) in [4.78, 5) is 13.1. The van der Waals surface area contributed by atoms with Crippen LogP contribution in [0.5, 0.6) is 0 Å². The highest BCUT2D eigenvalue weighted by Crippen LogP contribution is 2.27. The summed E-state index contributed by atoms with van der Waals surface area (Å²) in [6.45, 7) is 0.526. The Morgan fingerprint density at radius 2 is 2.05 bits per heavy atom. The third kappa shape index (κ3) is 4.07. The fraction of sp³-hybridized carbons (Fsp3) is 0.267. The van der Waals surface area contributed by atoms with Gasteiger partial charge in [-0.2, -0.15) is 0 Å². The normalized spacial score (nSPS) is 12.1. The molecule has 3 N–H and O–H groups in total. The number of hydrogen-bond acceptors (Lipinski definition) is 3. The summed E-state index contributed by atoms with van der Waals surface area (Å²) in [7, 11) is 0. The molecular weight excluding hydrogens is 292 g/mol. The molecule has 0 saturated carbocycles. The molecule has 1 aromatic carbocycles. The van der Waals surface area contributed by atoms with E-state index < -0.39 is 0 Å². The Labute approximate surface area is 127 Å². The smallest absolute Gasteiger partial charge is 0.220 e. The van der Waals surface area contributed by atoms with Crippen molar-refractivity contribution in [1.82, 2.24) is 5.32 Å². The van der Waals surface area contributed by atoms with Gasteiger partial charge in [-0.05, 0) is 42.1 Å². The number of hydrogen-bond donors (Lipinski definition) is 2. The van der Waals surface area contributed by atoms with Crippen LogP contribution in [-0.2, 0) is 4.79 Å². The van der Waals surface area contributed by atoms with Crippen molar-refractivity contribution in [2.45, 2.75) is 18.9 Å². The van der Waals surface area contributed by atoms with Gasteiger partial charge in [-0.25, -0.2) is 0 Å². The molecule has 3 nitrogen and oxygen atoms in total. The first-order valence-corrected chi connectivity index (χ1v) is 7.75. The Morgan fingerprint density at radius 1 is 1.30 bits per heavy atom. The fourth-order valence-corrected chi connectivity index (χ4v) is 2.85. The van der Waals surface area contributed by atoms with E-state index in [9.17, 15) is 4.79 Å². The molecule has 1 unspecified atom stereocenters. The Kier molecular flexibility index (Phi) is 5.59. The highest BCUT2D eigenvalue weighted by Gasteiger charge is 2.17. The summed E-state index contributed by atoms with van der Waals surface area (Å²) in [5.41, 5.74) is 6.46. The van der Waals surface area contributed by atoms with Gasteiger partial charge in [0.1, 0.15) is 0 Å². The summed E-state index contributed by atoms with van der Waals surface area (Å²) >= 11 is 7.54. The average molecular weight is 309 g/mol. The van der Waals surface area contributed by atoms with Gasteiger partial charge >= 0.3 is 0 Å². The van der Waals surface area contributed by atoms with Gasteiger partial charge in [-0.1, -0.05) is 29.8 Å². The van der Waals surface area contributed by atoms with Crippen LogP contribution in [-0.4, -0.2) is 12.5 Å². The van der Waals surface area contributed by atoms with E-state index in [1.165, 1.54) is 0 Å². The predicted molar refractivity (Wildman–Crippen MR) is 84.0 cm³/mol. The van der Waals surface area contributed by atoms with Gasteiger partial charge < -0.3 is 11.1 Å². The van der Waals surface area contributed by atoms with Crippen LogP contribution in [0, 0.1) is 0 Å². The van der Waals surface area contributed by atoms with E-state index in [-0.39, 0.29) is 11.9 Å². The standard InChI is InChI=1S/C15H17ClN2OS/c16-12-7-5-11(6-8-12)15(13-3-2-10-20-13)18-14(19)4-1-9-17/h2-3,5-8,10,15H,1,4,9,17H2,(H,18,19). The quantitative estimate of drug-likeness (QED) is 0.860. The van der Waals surface area contributed by atoms with Crippen LogP contribution in [0.1, 0.15) is 29.3 Å². The van der Waals surface area contributed by atoms with Crippen LogP contribution in [0.4, 0.5) is 0 Å². The van der Waals surface area contributed by atoms with Crippen LogP contribution in [0.2, 0.25) is 5.02 Å². The number of rotatable bonds is 6. The molecule has 1 aromatic heterocycles. The number of halogens is 1. The lowest BCUT2D eigenvalue weighted by molar-refractivity contribution is -0.121. The maximum Gasteiger partial charge on any atom is 0.220 e. The summed E-state index contributed by atoms with van der Waals surface area (Å²) in [6.07, 6.45) is 1.15. The monoisotopic (exact) mass is 308 g/mol. The molecule has 0 aliphatic carbocycles. The van der Waals surface area contributed by atoms with Crippen molar-refractivity contribution in [3.8, 4) is 0 Å². The molecule has 1 atom stereocenters. The molecular formula is C15H17ClN2OS. The van der Waals surface area contributed by atoms with Crippen molar-refractivity contribution >= 4 is 28.8 Å². The van der Waals surface area contributed by atoms with E-state index in [1.807, 2.05) is 41.8 Å². The molecule has 0 spiro atoms. The van der Waals surface area contributed by atoms with Crippen molar-refractivity contribution in [2.24, 2.45) is 5.73 Å². The Hall–Kier alpha value is -1.36. The van der Waals surface area contributed by atoms with Gasteiger partial charge in [0, 0.05) is 16.3 Å². The van der Waals surface area contributed by atoms with E-state index in [0.29, 0.717) is 24.4 Å². The lowest BCUT2D eigenvalue weighted by Crippen LogP contribution is -2.29. The molecule has 0 saturated heterocycles. The van der Waals surface area contributed by atoms with E-state index >= 15 is 0 Å². The van der Waals surface area contributed by atoms with Crippen LogP contribution in [0.25, 0.3) is 0 Å². The van der Waals surface area contributed by atoms with E-state index in [2.05, 4.69) is 5.32 Å². The summed E-state index contributed by atoms with van der Waals surface area (Å²) in [5, 5.41) is 5.76. The van der Waals surface area contributed by atoms with Crippen LogP contribution >= 0.6 is 22.9 Å². The number of nitrogens with one attached hydrogen (secondary N) is 1. The second kappa shape index (κ2) is 7.43. The zero-order valence-corrected chi connectivity index (χ0v) is 12.6. The number of thiophene rings is 1. The topological polar surface area (TPSA) is 55.1 Å². The Balaban J connectivity index is 2.17. The maximum atomic E-state index is 12.0. The largest absolute Gasteiger partial charge is 0.344 e.